The van der Waals surface area contributed by atoms with Crippen LogP contribution in [0.2, 0.25) is 0 Å². The molecule has 0 aliphatic carbocycles. The summed E-state index contributed by atoms with van der Waals surface area (Å²) in [6.07, 6.45) is 1.85. The lowest BCUT2D eigenvalue weighted by Gasteiger charge is -2.09. The summed E-state index contributed by atoms with van der Waals surface area (Å²) in [5.41, 5.74) is 2.29. The molecule has 0 amide bonds. The minimum absolute atomic E-state index is 0.0726. The summed E-state index contributed by atoms with van der Waals surface area (Å²) >= 11 is 0. The first-order valence-corrected chi connectivity index (χ1v) is 6.52. The van der Waals surface area contributed by atoms with Gasteiger partial charge in [-0.3, -0.25) is 4.79 Å². The van der Waals surface area contributed by atoms with E-state index >= 15 is 0 Å². The fraction of sp³-hybridized carbons (Fsp3) is 0.400. The smallest absolute Gasteiger partial charge is 0.326 e. The Hall–Kier alpha value is -1.81. The van der Waals surface area contributed by atoms with Crippen LogP contribution in [0.1, 0.15) is 19.4 Å². The zero-order chi connectivity index (χ0) is 13.8. The Bertz CT molecular complexity index is 573. The van der Waals surface area contributed by atoms with Gasteiger partial charge in [0, 0.05) is 18.3 Å². The van der Waals surface area contributed by atoms with Gasteiger partial charge in [0.1, 0.15) is 6.54 Å². The Kier molecular flexibility index (Phi) is 4.22. The number of ether oxygens (including phenoxy) is 1. The zero-order valence-electron chi connectivity index (χ0n) is 11.6. The van der Waals surface area contributed by atoms with Gasteiger partial charge in [-0.1, -0.05) is 6.07 Å². The Morgan fingerprint density at radius 1 is 1.37 bits per heavy atom. The minimum atomic E-state index is -0.202. The largest absolute Gasteiger partial charge is 0.462 e. The van der Waals surface area contributed by atoms with E-state index in [0.717, 1.165) is 17.4 Å². The molecule has 0 unspecified atom stereocenters. The second kappa shape index (κ2) is 5.89. The molecule has 0 atom stereocenters. The van der Waals surface area contributed by atoms with Gasteiger partial charge in [-0.2, -0.15) is 0 Å². The number of nitrogens with one attached hydrogen (secondary N) is 1. The van der Waals surface area contributed by atoms with Crippen molar-refractivity contribution in [3.63, 3.8) is 0 Å². The molecule has 2 rings (SSSR count). The third kappa shape index (κ3) is 3.35. The first kappa shape index (κ1) is 13.6. The summed E-state index contributed by atoms with van der Waals surface area (Å²) in [6, 6.07) is 8.28. The first-order valence-electron chi connectivity index (χ1n) is 6.52. The van der Waals surface area contributed by atoms with E-state index in [1.165, 1.54) is 5.56 Å². The summed E-state index contributed by atoms with van der Waals surface area (Å²) in [7, 11) is 1.93. The summed E-state index contributed by atoms with van der Waals surface area (Å²) in [5, 5.41) is 4.27. The maximum absolute atomic E-state index is 11.7. The van der Waals surface area contributed by atoms with E-state index in [1.54, 1.807) is 0 Å². The maximum Gasteiger partial charge on any atom is 0.326 e. The standard InChI is InChI=1S/C15H20N2O2/c1-11(2)19-15(18)10-17-7-6-13-8-12(9-16-3)4-5-14(13)17/h4-8,11,16H,9-10H2,1-3H3. The maximum atomic E-state index is 11.7. The van der Waals surface area contributed by atoms with Crippen molar-refractivity contribution in [2.75, 3.05) is 7.05 Å². The third-order valence-corrected chi connectivity index (χ3v) is 2.88. The van der Waals surface area contributed by atoms with E-state index in [-0.39, 0.29) is 18.6 Å². The van der Waals surface area contributed by atoms with E-state index in [9.17, 15) is 4.79 Å². The molecule has 1 heterocycles. The number of benzene rings is 1. The van der Waals surface area contributed by atoms with Gasteiger partial charge in [0.05, 0.1) is 6.10 Å². The summed E-state index contributed by atoms with van der Waals surface area (Å²) in [4.78, 5) is 11.7. The van der Waals surface area contributed by atoms with Gasteiger partial charge in [-0.25, -0.2) is 0 Å². The molecular formula is C15H20N2O2. The Labute approximate surface area is 113 Å². The van der Waals surface area contributed by atoms with E-state index in [0.29, 0.717) is 0 Å². The molecule has 4 nitrogen and oxygen atoms in total. The van der Waals surface area contributed by atoms with Gasteiger partial charge in [-0.05, 0) is 50.0 Å². The van der Waals surface area contributed by atoms with Crippen LogP contribution in [0.4, 0.5) is 0 Å². The van der Waals surface area contributed by atoms with Gasteiger partial charge < -0.3 is 14.6 Å². The molecule has 0 aliphatic rings. The molecule has 1 aromatic heterocycles. The highest BCUT2D eigenvalue weighted by atomic mass is 16.5. The number of hydrogen-bond acceptors (Lipinski definition) is 3. The normalized spacial score (nSPS) is 11.2. The zero-order valence-corrected chi connectivity index (χ0v) is 11.6. The molecule has 19 heavy (non-hydrogen) atoms. The molecule has 0 radical (unpaired) electrons. The molecule has 2 aromatic rings. The minimum Gasteiger partial charge on any atom is -0.462 e. The van der Waals surface area contributed by atoms with Crippen molar-refractivity contribution in [1.82, 2.24) is 9.88 Å². The molecule has 0 spiro atoms. The summed E-state index contributed by atoms with van der Waals surface area (Å²) < 4.78 is 7.08. The molecule has 0 aliphatic heterocycles. The fourth-order valence-electron chi connectivity index (χ4n) is 2.14. The third-order valence-electron chi connectivity index (χ3n) is 2.88. The van der Waals surface area contributed by atoms with Crippen molar-refractivity contribution < 1.29 is 9.53 Å². The van der Waals surface area contributed by atoms with Crippen LogP contribution >= 0.6 is 0 Å². The number of rotatable bonds is 5. The van der Waals surface area contributed by atoms with E-state index in [1.807, 2.05) is 43.8 Å². The average Bonchev–Trinajstić information content (AvgIpc) is 2.71. The average molecular weight is 260 g/mol. The van der Waals surface area contributed by atoms with Crippen LogP contribution < -0.4 is 5.32 Å². The molecule has 1 aromatic carbocycles. The van der Waals surface area contributed by atoms with Crippen molar-refractivity contribution in [3.8, 4) is 0 Å². The number of carbonyl (C=O) groups excluding carboxylic acids is 1. The van der Waals surface area contributed by atoms with E-state index < -0.39 is 0 Å². The monoisotopic (exact) mass is 260 g/mol. The molecule has 0 fully saturated rings. The quantitative estimate of drug-likeness (QED) is 0.839. The highest BCUT2D eigenvalue weighted by molar-refractivity contribution is 5.82. The van der Waals surface area contributed by atoms with Crippen LogP contribution in [0.5, 0.6) is 0 Å². The fourth-order valence-corrected chi connectivity index (χ4v) is 2.14. The van der Waals surface area contributed by atoms with Crippen LogP contribution in [0.15, 0.2) is 30.5 Å². The number of fused-ring (bicyclic) bond motifs is 1. The van der Waals surface area contributed by atoms with Gasteiger partial charge >= 0.3 is 5.97 Å². The Balaban J connectivity index is 2.18. The Morgan fingerprint density at radius 2 is 2.16 bits per heavy atom. The van der Waals surface area contributed by atoms with Gasteiger partial charge in [0.2, 0.25) is 0 Å². The highest BCUT2D eigenvalue weighted by Crippen LogP contribution is 2.18. The summed E-state index contributed by atoms with van der Waals surface area (Å²) in [6.45, 7) is 4.81. The molecule has 0 saturated heterocycles. The van der Waals surface area contributed by atoms with Crippen molar-refractivity contribution in [1.29, 1.82) is 0 Å². The SMILES string of the molecule is CNCc1ccc2c(ccn2CC(=O)OC(C)C)c1. The van der Waals surface area contributed by atoms with Crippen LogP contribution in [0.3, 0.4) is 0 Å². The molecule has 0 saturated carbocycles. The van der Waals surface area contributed by atoms with Gasteiger partial charge in [0.25, 0.3) is 0 Å². The van der Waals surface area contributed by atoms with Crippen LogP contribution in [-0.2, 0) is 22.6 Å². The summed E-state index contributed by atoms with van der Waals surface area (Å²) in [5.74, 6) is -0.202. The van der Waals surface area contributed by atoms with Crippen molar-refractivity contribution in [2.24, 2.45) is 0 Å². The predicted octanol–water partition coefficient (Wildman–Crippen LogP) is 2.31. The van der Waals surface area contributed by atoms with E-state index in [2.05, 4.69) is 17.4 Å². The van der Waals surface area contributed by atoms with Crippen LogP contribution in [-0.4, -0.2) is 23.7 Å². The number of carbonyl (C=O) groups is 1. The second-order valence-corrected chi connectivity index (χ2v) is 4.91. The number of hydrogen-bond donors (Lipinski definition) is 1. The van der Waals surface area contributed by atoms with Crippen molar-refractivity contribution in [3.05, 3.63) is 36.0 Å². The van der Waals surface area contributed by atoms with Gasteiger partial charge in [0.15, 0.2) is 0 Å². The second-order valence-electron chi connectivity index (χ2n) is 4.91. The number of nitrogens with zero attached hydrogens (tertiary/aromatic N) is 1. The highest BCUT2D eigenvalue weighted by Gasteiger charge is 2.09. The molecule has 1 N–H and O–H groups in total. The van der Waals surface area contributed by atoms with Gasteiger partial charge in [-0.15, -0.1) is 0 Å². The van der Waals surface area contributed by atoms with Crippen LogP contribution in [0, 0.1) is 0 Å². The topological polar surface area (TPSA) is 43.3 Å². The van der Waals surface area contributed by atoms with E-state index in [4.69, 9.17) is 4.74 Å². The van der Waals surface area contributed by atoms with Crippen molar-refractivity contribution in [2.45, 2.75) is 33.0 Å². The first-order chi connectivity index (χ1) is 9.10. The Morgan fingerprint density at radius 3 is 2.84 bits per heavy atom. The lowest BCUT2D eigenvalue weighted by Crippen LogP contribution is -2.16. The molecule has 4 heteroatoms. The van der Waals surface area contributed by atoms with Crippen LogP contribution in [0.25, 0.3) is 10.9 Å². The number of aromatic nitrogens is 1. The lowest BCUT2D eigenvalue weighted by molar-refractivity contribution is -0.148. The molecule has 0 bridgehead atoms. The molecule has 102 valence electrons. The predicted molar refractivity (Wildman–Crippen MR) is 75.9 cm³/mol. The lowest BCUT2D eigenvalue weighted by atomic mass is 10.1. The van der Waals surface area contributed by atoms with Crippen molar-refractivity contribution >= 4 is 16.9 Å². The number of esters is 1. The molecular weight excluding hydrogens is 240 g/mol.